The summed E-state index contributed by atoms with van der Waals surface area (Å²) in [7, 11) is 0. The van der Waals surface area contributed by atoms with Gasteiger partial charge in [0.2, 0.25) is 11.8 Å². The van der Waals surface area contributed by atoms with E-state index in [0.717, 1.165) is 47.6 Å². The van der Waals surface area contributed by atoms with Crippen LogP contribution in [0, 0.1) is 11.8 Å². The number of rotatable bonds is 13. The summed E-state index contributed by atoms with van der Waals surface area (Å²) in [6.45, 7) is 5.01. The Morgan fingerprint density at radius 2 is 1.69 bits per heavy atom. The number of imide groups is 1. The summed E-state index contributed by atoms with van der Waals surface area (Å²) >= 11 is 0. The summed E-state index contributed by atoms with van der Waals surface area (Å²) in [4.78, 5) is 42.4. The SMILES string of the molecule is CCCCC=CCCN1C(=O)C2C(c3ccc(OCCC)cc3)NC(Cc3ccc4ccccc4c3)(C(=O)O)C2C1=O. The summed E-state index contributed by atoms with van der Waals surface area (Å²) in [6, 6.07) is 20.5. The molecular formula is C35H40N2O5. The minimum absolute atomic E-state index is 0.0757. The van der Waals surface area contributed by atoms with Crippen LogP contribution in [0.5, 0.6) is 5.75 Å². The molecule has 2 N–H and O–H groups in total. The zero-order valence-corrected chi connectivity index (χ0v) is 24.4. The highest BCUT2D eigenvalue weighted by Gasteiger charge is 2.68. The number of allylic oxidation sites excluding steroid dienone is 1. The number of ether oxygens (including phenoxy) is 1. The molecule has 0 radical (unpaired) electrons. The molecule has 2 aliphatic rings. The third-order valence-corrected chi connectivity index (χ3v) is 8.55. The van der Waals surface area contributed by atoms with E-state index in [9.17, 15) is 19.5 Å². The average Bonchev–Trinajstić information content (AvgIpc) is 3.47. The quantitative estimate of drug-likeness (QED) is 0.147. The zero-order valence-electron chi connectivity index (χ0n) is 24.4. The van der Waals surface area contributed by atoms with Crippen molar-refractivity contribution in [2.45, 2.75) is 64.0 Å². The highest BCUT2D eigenvalue weighted by atomic mass is 16.5. The number of unbranched alkanes of at least 4 members (excludes halogenated alkanes) is 2. The fraction of sp³-hybridized carbons (Fsp3) is 0.400. The summed E-state index contributed by atoms with van der Waals surface area (Å²) in [5.74, 6) is -2.98. The maximum atomic E-state index is 14.0. The molecule has 2 heterocycles. The predicted molar refractivity (Wildman–Crippen MR) is 163 cm³/mol. The molecule has 2 amide bonds. The number of nitrogens with one attached hydrogen (secondary N) is 1. The van der Waals surface area contributed by atoms with Crippen LogP contribution in [0.15, 0.2) is 78.9 Å². The number of aliphatic carboxylic acids is 1. The molecule has 42 heavy (non-hydrogen) atoms. The van der Waals surface area contributed by atoms with E-state index in [2.05, 4.69) is 18.3 Å². The van der Waals surface area contributed by atoms with Crippen molar-refractivity contribution in [3.63, 3.8) is 0 Å². The molecule has 4 unspecified atom stereocenters. The molecule has 0 aliphatic carbocycles. The van der Waals surface area contributed by atoms with Crippen molar-refractivity contribution < 1.29 is 24.2 Å². The highest BCUT2D eigenvalue weighted by molar-refractivity contribution is 6.09. The molecule has 3 aromatic rings. The van der Waals surface area contributed by atoms with Gasteiger partial charge in [0.25, 0.3) is 0 Å². The van der Waals surface area contributed by atoms with Gasteiger partial charge in [0.15, 0.2) is 0 Å². The first-order chi connectivity index (χ1) is 20.4. The number of nitrogens with zero attached hydrogens (tertiary/aromatic N) is 1. The van der Waals surface area contributed by atoms with Crippen molar-refractivity contribution in [2.24, 2.45) is 11.8 Å². The van der Waals surface area contributed by atoms with Gasteiger partial charge in [-0.3, -0.25) is 24.6 Å². The normalized spacial score (nSPS) is 23.7. The van der Waals surface area contributed by atoms with Gasteiger partial charge in [0.1, 0.15) is 11.3 Å². The number of carbonyl (C=O) groups is 3. The van der Waals surface area contributed by atoms with E-state index in [1.54, 1.807) is 0 Å². The molecule has 2 aliphatic heterocycles. The van der Waals surface area contributed by atoms with Gasteiger partial charge < -0.3 is 9.84 Å². The first-order valence-electron chi connectivity index (χ1n) is 15.1. The van der Waals surface area contributed by atoms with Crippen molar-refractivity contribution in [1.82, 2.24) is 10.2 Å². The fourth-order valence-corrected chi connectivity index (χ4v) is 6.43. The summed E-state index contributed by atoms with van der Waals surface area (Å²) < 4.78 is 5.74. The van der Waals surface area contributed by atoms with Crippen molar-refractivity contribution in [2.75, 3.05) is 13.2 Å². The average molecular weight is 569 g/mol. The number of hydrogen-bond acceptors (Lipinski definition) is 5. The van der Waals surface area contributed by atoms with Crippen LogP contribution in [0.1, 0.15) is 63.1 Å². The van der Waals surface area contributed by atoms with Gasteiger partial charge in [-0.25, -0.2) is 0 Å². The second kappa shape index (κ2) is 12.9. The first kappa shape index (κ1) is 29.5. The molecule has 7 nitrogen and oxygen atoms in total. The Bertz CT molecular complexity index is 1470. The first-order valence-corrected chi connectivity index (χ1v) is 15.1. The van der Waals surface area contributed by atoms with Gasteiger partial charge in [-0.15, -0.1) is 0 Å². The van der Waals surface area contributed by atoms with Gasteiger partial charge >= 0.3 is 5.97 Å². The van der Waals surface area contributed by atoms with E-state index in [4.69, 9.17) is 4.74 Å². The minimum atomic E-state index is -1.65. The summed E-state index contributed by atoms with van der Waals surface area (Å²) in [5, 5.41) is 16.2. The Labute approximate surface area is 247 Å². The van der Waals surface area contributed by atoms with Gasteiger partial charge in [-0.05, 0) is 53.3 Å². The van der Waals surface area contributed by atoms with Crippen LogP contribution in [-0.4, -0.2) is 46.5 Å². The molecule has 0 spiro atoms. The van der Waals surface area contributed by atoms with Crippen LogP contribution in [0.4, 0.5) is 0 Å². The maximum absolute atomic E-state index is 14.0. The maximum Gasteiger partial charge on any atom is 0.325 e. The minimum Gasteiger partial charge on any atom is -0.494 e. The van der Waals surface area contributed by atoms with E-state index in [0.29, 0.717) is 18.8 Å². The molecule has 0 saturated carbocycles. The Hall–Kier alpha value is -3.97. The van der Waals surface area contributed by atoms with Gasteiger partial charge in [-0.1, -0.05) is 93.4 Å². The van der Waals surface area contributed by atoms with Gasteiger partial charge in [-0.2, -0.15) is 0 Å². The number of fused-ring (bicyclic) bond motifs is 2. The molecule has 2 saturated heterocycles. The van der Waals surface area contributed by atoms with E-state index in [1.165, 1.54) is 4.90 Å². The fourth-order valence-electron chi connectivity index (χ4n) is 6.43. The Morgan fingerprint density at radius 1 is 0.952 bits per heavy atom. The third-order valence-electron chi connectivity index (χ3n) is 8.55. The molecule has 2 fully saturated rings. The largest absolute Gasteiger partial charge is 0.494 e. The lowest BCUT2D eigenvalue weighted by Crippen LogP contribution is -2.57. The van der Waals surface area contributed by atoms with Crippen LogP contribution in [0.3, 0.4) is 0 Å². The van der Waals surface area contributed by atoms with Crippen molar-refractivity contribution in [3.8, 4) is 5.75 Å². The molecule has 7 heteroatoms. The number of carboxylic acids is 1. The number of benzene rings is 3. The third kappa shape index (κ3) is 5.71. The Morgan fingerprint density at radius 3 is 2.40 bits per heavy atom. The lowest BCUT2D eigenvalue weighted by Gasteiger charge is -2.31. The molecule has 3 aromatic carbocycles. The van der Waals surface area contributed by atoms with E-state index in [-0.39, 0.29) is 18.9 Å². The molecular weight excluding hydrogens is 528 g/mol. The van der Waals surface area contributed by atoms with Crippen molar-refractivity contribution in [1.29, 1.82) is 0 Å². The van der Waals surface area contributed by atoms with Crippen molar-refractivity contribution >= 4 is 28.6 Å². The Kier molecular flexibility index (Phi) is 9.07. The number of amides is 2. The molecule has 4 atom stereocenters. The van der Waals surface area contributed by atoms with Gasteiger partial charge in [0, 0.05) is 19.0 Å². The monoisotopic (exact) mass is 568 g/mol. The zero-order chi connectivity index (χ0) is 29.7. The van der Waals surface area contributed by atoms with Gasteiger partial charge in [0.05, 0.1) is 18.4 Å². The van der Waals surface area contributed by atoms with E-state index in [1.807, 2.05) is 79.7 Å². The Balaban J connectivity index is 1.50. The molecule has 0 bridgehead atoms. The summed E-state index contributed by atoms with van der Waals surface area (Å²) in [5.41, 5.74) is -0.0880. The lowest BCUT2D eigenvalue weighted by molar-refractivity contribution is -0.151. The van der Waals surface area contributed by atoms with E-state index < -0.39 is 35.3 Å². The number of hydrogen-bond donors (Lipinski definition) is 2. The summed E-state index contributed by atoms with van der Waals surface area (Å²) in [6.07, 6.45) is 8.75. The number of carboxylic acid groups (broad SMARTS) is 1. The highest BCUT2D eigenvalue weighted by Crippen LogP contribution is 2.50. The van der Waals surface area contributed by atoms with Crippen LogP contribution in [-0.2, 0) is 20.8 Å². The molecule has 220 valence electrons. The number of carbonyl (C=O) groups excluding carboxylic acids is 2. The van der Waals surface area contributed by atoms with E-state index >= 15 is 0 Å². The number of likely N-dealkylation sites (tertiary alicyclic amines) is 1. The van der Waals surface area contributed by atoms with Crippen LogP contribution >= 0.6 is 0 Å². The standard InChI is InChI=1S/C35H40N2O5/c1-3-5-6-7-8-11-20-37-32(38)29-30(33(37)39)35(34(40)41,23-24-14-15-25-12-9-10-13-27(25)22-24)36-31(29)26-16-18-28(19-17-26)42-21-4-2/h7-10,12-19,22,29-31,36H,3-6,11,20-21,23H2,1-2H3,(H,40,41). The van der Waals surface area contributed by atoms with Crippen LogP contribution < -0.4 is 10.1 Å². The smallest absolute Gasteiger partial charge is 0.325 e. The predicted octanol–water partition coefficient (Wildman–Crippen LogP) is 6.08. The van der Waals surface area contributed by atoms with Crippen LogP contribution in [0.2, 0.25) is 0 Å². The molecule has 5 rings (SSSR count). The lowest BCUT2D eigenvalue weighted by atomic mass is 9.76. The topological polar surface area (TPSA) is 95.9 Å². The van der Waals surface area contributed by atoms with Crippen molar-refractivity contribution in [3.05, 3.63) is 90.0 Å². The second-order valence-corrected chi connectivity index (χ2v) is 11.4. The second-order valence-electron chi connectivity index (χ2n) is 11.4. The van der Waals surface area contributed by atoms with Crippen LogP contribution in [0.25, 0.3) is 10.8 Å². The molecule has 0 aromatic heterocycles.